The summed E-state index contributed by atoms with van der Waals surface area (Å²) >= 11 is 0. The molecule has 1 unspecified atom stereocenters. The van der Waals surface area contributed by atoms with E-state index in [1.807, 2.05) is 0 Å². The highest BCUT2D eigenvalue weighted by molar-refractivity contribution is 5.89. The Kier molecular flexibility index (Phi) is 3.39. The van der Waals surface area contributed by atoms with Crippen LogP contribution in [-0.4, -0.2) is 29.1 Å². The Morgan fingerprint density at radius 2 is 1.75 bits per heavy atom. The van der Waals surface area contributed by atoms with Crippen molar-refractivity contribution in [1.29, 1.82) is 0 Å². The molecule has 3 fully saturated rings. The van der Waals surface area contributed by atoms with Crippen LogP contribution in [0.4, 0.5) is 0 Å². The molecule has 0 aromatic rings. The Balaban J connectivity index is 1.82. The van der Waals surface area contributed by atoms with E-state index < -0.39 is 0 Å². The molecule has 0 bridgehead atoms. The average molecular weight is 278 g/mol. The van der Waals surface area contributed by atoms with Crippen molar-refractivity contribution in [3.8, 4) is 0 Å². The zero-order valence-corrected chi connectivity index (χ0v) is 13.5. The summed E-state index contributed by atoms with van der Waals surface area (Å²) in [4.78, 5) is 15.2. The highest BCUT2D eigenvalue weighted by Gasteiger charge is 2.56. The lowest BCUT2D eigenvalue weighted by Crippen LogP contribution is -2.46. The van der Waals surface area contributed by atoms with Crippen LogP contribution in [0.3, 0.4) is 0 Å². The summed E-state index contributed by atoms with van der Waals surface area (Å²) < 4.78 is 0. The molecule has 0 aromatic heterocycles. The number of carbonyl (C=O) groups excluding carboxylic acids is 1. The highest BCUT2D eigenvalue weighted by atomic mass is 16.2. The van der Waals surface area contributed by atoms with Crippen molar-refractivity contribution in [3.63, 3.8) is 0 Å². The first-order chi connectivity index (χ1) is 9.40. The summed E-state index contributed by atoms with van der Waals surface area (Å²) in [7, 11) is 0. The summed E-state index contributed by atoms with van der Waals surface area (Å²) in [6.07, 6.45) is 7.33. The minimum Gasteiger partial charge on any atom is -0.325 e. The van der Waals surface area contributed by atoms with Crippen molar-refractivity contribution in [2.24, 2.45) is 17.3 Å². The third-order valence-electron chi connectivity index (χ3n) is 6.12. The normalized spacial score (nSPS) is 31.0. The first-order valence-corrected chi connectivity index (χ1v) is 8.49. The van der Waals surface area contributed by atoms with Crippen LogP contribution in [0.2, 0.25) is 0 Å². The Bertz CT molecular complexity index is 392. The SMILES string of the molecule is CC(C)C1NC2(CCCC2)C(=O)N1CC1(C(C)C)CC1. The van der Waals surface area contributed by atoms with E-state index in [1.165, 1.54) is 25.7 Å². The van der Waals surface area contributed by atoms with Gasteiger partial charge in [0.2, 0.25) is 5.91 Å². The van der Waals surface area contributed by atoms with Gasteiger partial charge in [-0.2, -0.15) is 0 Å². The molecule has 1 heterocycles. The lowest BCUT2D eigenvalue weighted by atomic mass is 9.91. The largest absolute Gasteiger partial charge is 0.325 e. The van der Waals surface area contributed by atoms with Gasteiger partial charge in [-0.1, -0.05) is 40.5 Å². The van der Waals surface area contributed by atoms with Crippen molar-refractivity contribution >= 4 is 5.91 Å². The molecule has 2 saturated carbocycles. The second kappa shape index (κ2) is 4.72. The third kappa shape index (κ3) is 2.09. The molecular weight excluding hydrogens is 248 g/mol. The van der Waals surface area contributed by atoms with Crippen LogP contribution in [0.25, 0.3) is 0 Å². The van der Waals surface area contributed by atoms with Gasteiger partial charge in [0.1, 0.15) is 0 Å². The molecule has 3 rings (SSSR count). The van der Waals surface area contributed by atoms with E-state index in [2.05, 4.69) is 37.9 Å². The Hall–Kier alpha value is -0.570. The van der Waals surface area contributed by atoms with Gasteiger partial charge in [-0.25, -0.2) is 0 Å². The van der Waals surface area contributed by atoms with Gasteiger partial charge in [-0.05, 0) is 42.9 Å². The zero-order chi connectivity index (χ0) is 14.5. The molecule has 3 heteroatoms. The molecule has 1 N–H and O–H groups in total. The van der Waals surface area contributed by atoms with E-state index in [-0.39, 0.29) is 11.7 Å². The number of nitrogens with one attached hydrogen (secondary N) is 1. The number of amides is 1. The first-order valence-electron chi connectivity index (χ1n) is 8.49. The summed E-state index contributed by atoms with van der Waals surface area (Å²) in [6.45, 7) is 10.1. The highest BCUT2D eigenvalue weighted by Crippen LogP contribution is 2.53. The molecule has 20 heavy (non-hydrogen) atoms. The zero-order valence-electron chi connectivity index (χ0n) is 13.5. The van der Waals surface area contributed by atoms with Crippen LogP contribution in [-0.2, 0) is 4.79 Å². The maximum absolute atomic E-state index is 13.0. The number of carbonyl (C=O) groups is 1. The van der Waals surface area contributed by atoms with Gasteiger partial charge in [0.25, 0.3) is 0 Å². The predicted octanol–water partition coefficient (Wildman–Crippen LogP) is 3.15. The van der Waals surface area contributed by atoms with Crippen molar-refractivity contribution in [2.45, 2.75) is 77.9 Å². The van der Waals surface area contributed by atoms with Gasteiger partial charge >= 0.3 is 0 Å². The maximum Gasteiger partial charge on any atom is 0.244 e. The lowest BCUT2D eigenvalue weighted by molar-refractivity contribution is -0.134. The maximum atomic E-state index is 13.0. The van der Waals surface area contributed by atoms with Crippen LogP contribution < -0.4 is 5.32 Å². The van der Waals surface area contributed by atoms with E-state index in [0.29, 0.717) is 23.2 Å². The predicted molar refractivity (Wildman–Crippen MR) is 81.2 cm³/mol. The van der Waals surface area contributed by atoms with E-state index in [1.54, 1.807) is 0 Å². The van der Waals surface area contributed by atoms with Gasteiger partial charge in [-0.3, -0.25) is 10.1 Å². The summed E-state index contributed by atoms with van der Waals surface area (Å²) in [5.74, 6) is 1.57. The third-order valence-corrected chi connectivity index (χ3v) is 6.12. The van der Waals surface area contributed by atoms with Crippen LogP contribution in [0.5, 0.6) is 0 Å². The van der Waals surface area contributed by atoms with Crippen molar-refractivity contribution < 1.29 is 4.79 Å². The minimum atomic E-state index is -0.206. The van der Waals surface area contributed by atoms with E-state index in [9.17, 15) is 4.79 Å². The number of hydrogen-bond acceptors (Lipinski definition) is 2. The number of rotatable bonds is 4. The molecule has 0 radical (unpaired) electrons. The molecule has 1 atom stereocenters. The van der Waals surface area contributed by atoms with Crippen LogP contribution >= 0.6 is 0 Å². The second-order valence-electron chi connectivity index (χ2n) is 8.07. The van der Waals surface area contributed by atoms with Crippen LogP contribution in [0.1, 0.15) is 66.2 Å². The molecule has 3 nitrogen and oxygen atoms in total. The van der Waals surface area contributed by atoms with Crippen LogP contribution in [0.15, 0.2) is 0 Å². The molecule has 1 amide bonds. The standard InChI is InChI=1S/C17H30N2O/c1-12(2)14-18-17(7-5-6-8-17)15(20)19(14)11-16(9-10-16)13(3)4/h12-14,18H,5-11H2,1-4H3. The Morgan fingerprint density at radius 3 is 2.20 bits per heavy atom. The van der Waals surface area contributed by atoms with E-state index in [4.69, 9.17) is 0 Å². The minimum absolute atomic E-state index is 0.206. The van der Waals surface area contributed by atoms with Gasteiger partial charge < -0.3 is 4.90 Å². The Labute approximate surface area is 123 Å². The monoisotopic (exact) mass is 278 g/mol. The van der Waals surface area contributed by atoms with Crippen molar-refractivity contribution in [2.75, 3.05) is 6.54 Å². The molecule has 114 valence electrons. The van der Waals surface area contributed by atoms with Crippen molar-refractivity contribution in [1.82, 2.24) is 10.2 Å². The fourth-order valence-electron chi connectivity index (χ4n) is 4.28. The van der Waals surface area contributed by atoms with Gasteiger partial charge in [0.15, 0.2) is 0 Å². The summed E-state index contributed by atoms with van der Waals surface area (Å²) in [5.41, 5.74) is 0.205. The van der Waals surface area contributed by atoms with Crippen molar-refractivity contribution in [3.05, 3.63) is 0 Å². The quantitative estimate of drug-likeness (QED) is 0.857. The average Bonchev–Trinajstić information content (AvgIpc) is 2.94. The smallest absolute Gasteiger partial charge is 0.244 e. The second-order valence-corrected chi connectivity index (χ2v) is 8.07. The number of nitrogens with zero attached hydrogens (tertiary/aromatic N) is 1. The van der Waals surface area contributed by atoms with Crippen LogP contribution in [0, 0.1) is 17.3 Å². The van der Waals surface area contributed by atoms with Gasteiger partial charge in [0.05, 0.1) is 11.7 Å². The molecule has 1 aliphatic heterocycles. The lowest BCUT2D eigenvalue weighted by Gasteiger charge is -2.32. The number of hydrogen-bond donors (Lipinski definition) is 1. The molecule has 1 spiro atoms. The summed E-state index contributed by atoms with van der Waals surface area (Å²) in [6, 6.07) is 0. The fourth-order valence-corrected chi connectivity index (χ4v) is 4.28. The molecule has 1 saturated heterocycles. The van der Waals surface area contributed by atoms with Gasteiger partial charge in [-0.15, -0.1) is 0 Å². The Morgan fingerprint density at radius 1 is 1.15 bits per heavy atom. The molecular formula is C17H30N2O. The fraction of sp³-hybridized carbons (Fsp3) is 0.941. The topological polar surface area (TPSA) is 32.3 Å². The summed E-state index contributed by atoms with van der Waals surface area (Å²) in [5, 5.41) is 3.73. The molecule has 2 aliphatic carbocycles. The first kappa shape index (κ1) is 14.4. The molecule has 3 aliphatic rings. The van der Waals surface area contributed by atoms with E-state index >= 15 is 0 Å². The molecule has 0 aromatic carbocycles. The van der Waals surface area contributed by atoms with E-state index in [0.717, 1.165) is 19.4 Å². The van der Waals surface area contributed by atoms with Gasteiger partial charge in [0, 0.05) is 6.54 Å².